The number of hydrogen-bond donors (Lipinski definition) is 0. The lowest BCUT2D eigenvalue weighted by atomic mass is 10.1. The van der Waals surface area contributed by atoms with Crippen LogP contribution in [0.5, 0.6) is 0 Å². The highest BCUT2D eigenvalue weighted by Gasteiger charge is 2.12. The fourth-order valence-corrected chi connectivity index (χ4v) is 1.90. The molecule has 4 heteroatoms. The van der Waals surface area contributed by atoms with Gasteiger partial charge in [-0.25, -0.2) is 4.98 Å². The summed E-state index contributed by atoms with van der Waals surface area (Å²) >= 11 is 0. The smallest absolute Gasteiger partial charge is 0.198 e. The molecule has 0 fully saturated rings. The average molecular weight is 243 g/mol. The zero-order valence-electron chi connectivity index (χ0n) is 10.5. The van der Waals surface area contributed by atoms with Crippen LogP contribution in [0.4, 0.5) is 0 Å². The first-order valence-electron chi connectivity index (χ1n) is 6.24. The van der Waals surface area contributed by atoms with Gasteiger partial charge in [0.25, 0.3) is 0 Å². The second-order valence-corrected chi connectivity index (χ2v) is 4.23. The van der Waals surface area contributed by atoms with Gasteiger partial charge in [0.1, 0.15) is 0 Å². The number of aryl methyl sites for hydroxylation is 2. The third-order valence-corrected chi connectivity index (χ3v) is 2.79. The maximum atomic E-state index is 12.1. The van der Waals surface area contributed by atoms with Crippen LogP contribution in [0.1, 0.15) is 35.9 Å². The van der Waals surface area contributed by atoms with E-state index < -0.39 is 0 Å². The van der Waals surface area contributed by atoms with Crippen molar-refractivity contribution < 1.29 is 4.79 Å². The lowest BCUT2D eigenvalue weighted by Crippen LogP contribution is -2.11. The average Bonchev–Trinajstić information content (AvgIpc) is 2.86. The van der Waals surface area contributed by atoms with E-state index in [4.69, 9.17) is 0 Å². The maximum Gasteiger partial charge on any atom is 0.198 e. The highest BCUT2D eigenvalue weighted by Crippen LogP contribution is 2.07. The van der Waals surface area contributed by atoms with Gasteiger partial charge >= 0.3 is 0 Å². The Hall–Kier alpha value is -1.97. The SMILES string of the molecule is CCCn1ccnc1C(=O)CCc1cccnc1. The molecule has 94 valence electrons. The van der Waals surface area contributed by atoms with Crippen LogP contribution in [-0.4, -0.2) is 20.3 Å². The van der Waals surface area contributed by atoms with Crippen molar-refractivity contribution >= 4 is 5.78 Å². The Balaban J connectivity index is 1.97. The molecule has 18 heavy (non-hydrogen) atoms. The first-order chi connectivity index (χ1) is 8.81. The molecule has 0 amide bonds. The van der Waals surface area contributed by atoms with Gasteiger partial charge in [0.2, 0.25) is 0 Å². The number of carbonyl (C=O) groups is 1. The Kier molecular flexibility index (Phi) is 4.23. The molecule has 0 saturated carbocycles. The van der Waals surface area contributed by atoms with Crippen LogP contribution in [0.2, 0.25) is 0 Å². The van der Waals surface area contributed by atoms with E-state index in [1.54, 1.807) is 18.6 Å². The Morgan fingerprint density at radius 2 is 2.28 bits per heavy atom. The Labute approximate surface area is 107 Å². The fourth-order valence-electron chi connectivity index (χ4n) is 1.90. The largest absolute Gasteiger partial charge is 0.329 e. The lowest BCUT2D eigenvalue weighted by molar-refractivity contribution is 0.0968. The Bertz CT molecular complexity index is 505. The van der Waals surface area contributed by atoms with E-state index in [-0.39, 0.29) is 5.78 Å². The summed E-state index contributed by atoms with van der Waals surface area (Å²) in [7, 11) is 0. The topological polar surface area (TPSA) is 47.8 Å². The number of aromatic nitrogens is 3. The summed E-state index contributed by atoms with van der Waals surface area (Å²) in [4.78, 5) is 20.3. The monoisotopic (exact) mass is 243 g/mol. The molecule has 0 aromatic carbocycles. The summed E-state index contributed by atoms with van der Waals surface area (Å²) in [5, 5.41) is 0. The van der Waals surface area contributed by atoms with Gasteiger partial charge in [0.15, 0.2) is 11.6 Å². The van der Waals surface area contributed by atoms with Crippen molar-refractivity contribution in [3.63, 3.8) is 0 Å². The zero-order valence-corrected chi connectivity index (χ0v) is 10.5. The van der Waals surface area contributed by atoms with Gasteiger partial charge in [0.05, 0.1) is 0 Å². The number of Topliss-reactive ketones (excluding diaryl/α,β-unsaturated/α-hetero) is 1. The van der Waals surface area contributed by atoms with Gasteiger partial charge in [0, 0.05) is 37.8 Å². The van der Waals surface area contributed by atoms with Crippen molar-refractivity contribution in [2.45, 2.75) is 32.7 Å². The van der Waals surface area contributed by atoms with Gasteiger partial charge in [-0.15, -0.1) is 0 Å². The van der Waals surface area contributed by atoms with E-state index in [0.29, 0.717) is 18.7 Å². The molecule has 0 aliphatic rings. The van der Waals surface area contributed by atoms with Gasteiger partial charge in [-0.3, -0.25) is 9.78 Å². The first-order valence-corrected chi connectivity index (χ1v) is 6.24. The molecule has 0 saturated heterocycles. The van der Waals surface area contributed by atoms with Crippen molar-refractivity contribution in [2.75, 3.05) is 0 Å². The number of nitrogens with zero attached hydrogens (tertiary/aromatic N) is 3. The Morgan fingerprint density at radius 3 is 3.00 bits per heavy atom. The minimum Gasteiger partial charge on any atom is -0.329 e. The lowest BCUT2D eigenvalue weighted by Gasteiger charge is -2.05. The van der Waals surface area contributed by atoms with Crippen LogP contribution in [0.25, 0.3) is 0 Å². The van der Waals surface area contributed by atoms with Crippen molar-refractivity contribution in [1.29, 1.82) is 0 Å². The van der Waals surface area contributed by atoms with Gasteiger partial charge in [-0.2, -0.15) is 0 Å². The standard InChI is InChI=1S/C14H17N3O/c1-2-9-17-10-8-16-14(17)13(18)6-5-12-4-3-7-15-11-12/h3-4,7-8,10-11H,2,5-6,9H2,1H3. The van der Waals surface area contributed by atoms with Crippen molar-refractivity contribution in [2.24, 2.45) is 0 Å². The van der Waals surface area contributed by atoms with Gasteiger partial charge in [-0.05, 0) is 24.5 Å². The van der Waals surface area contributed by atoms with E-state index in [2.05, 4.69) is 16.9 Å². The van der Waals surface area contributed by atoms with Crippen molar-refractivity contribution in [1.82, 2.24) is 14.5 Å². The molecule has 2 aromatic rings. The van der Waals surface area contributed by atoms with Crippen molar-refractivity contribution in [3.8, 4) is 0 Å². The number of carbonyl (C=O) groups excluding carboxylic acids is 1. The molecule has 4 nitrogen and oxygen atoms in total. The number of imidazole rings is 1. The molecule has 2 heterocycles. The van der Waals surface area contributed by atoms with Crippen LogP contribution in [0.15, 0.2) is 36.9 Å². The van der Waals surface area contributed by atoms with Gasteiger partial charge < -0.3 is 4.57 Å². The van der Waals surface area contributed by atoms with Crippen LogP contribution in [0, 0.1) is 0 Å². The first kappa shape index (κ1) is 12.5. The van der Waals surface area contributed by atoms with Crippen LogP contribution >= 0.6 is 0 Å². The zero-order chi connectivity index (χ0) is 12.8. The summed E-state index contributed by atoms with van der Waals surface area (Å²) in [5.74, 6) is 0.665. The summed E-state index contributed by atoms with van der Waals surface area (Å²) < 4.78 is 1.92. The van der Waals surface area contributed by atoms with E-state index in [1.165, 1.54) is 0 Å². The number of rotatable bonds is 6. The van der Waals surface area contributed by atoms with E-state index in [1.807, 2.05) is 22.9 Å². The number of ketones is 1. The molecule has 0 bridgehead atoms. The second-order valence-electron chi connectivity index (χ2n) is 4.23. The second kappa shape index (κ2) is 6.10. The molecule has 0 aliphatic heterocycles. The van der Waals surface area contributed by atoms with E-state index in [0.717, 1.165) is 18.5 Å². The quantitative estimate of drug-likeness (QED) is 0.732. The molecule has 0 spiro atoms. The van der Waals surface area contributed by atoms with Gasteiger partial charge in [-0.1, -0.05) is 13.0 Å². The Morgan fingerprint density at radius 1 is 1.39 bits per heavy atom. The summed E-state index contributed by atoms with van der Waals surface area (Å²) in [5.41, 5.74) is 1.08. The van der Waals surface area contributed by atoms with Crippen LogP contribution in [-0.2, 0) is 13.0 Å². The van der Waals surface area contributed by atoms with Crippen LogP contribution < -0.4 is 0 Å². The van der Waals surface area contributed by atoms with E-state index >= 15 is 0 Å². The third kappa shape index (κ3) is 3.03. The molecule has 0 radical (unpaired) electrons. The normalized spacial score (nSPS) is 10.5. The molecule has 0 N–H and O–H groups in total. The predicted molar refractivity (Wildman–Crippen MR) is 69.4 cm³/mol. The summed E-state index contributed by atoms with van der Waals surface area (Å²) in [6.45, 7) is 2.93. The van der Waals surface area contributed by atoms with E-state index in [9.17, 15) is 4.79 Å². The molecule has 0 atom stereocenters. The van der Waals surface area contributed by atoms with Crippen molar-refractivity contribution in [3.05, 3.63) is 48.3 Å². The maximum absolute atomic E-state index is 12.1. The molecular weight excluding hydrogens is 226 g/mol. The minimum absolute atomic E-state index is 0.0947. The fraction of sp³-hybridized carbons (Fsp3) is 0.357. The molecular formula is C14H17N3O. The predicted octanol–water partition coefficient (Wildman–Crippen LogP) is 2.50. The molecule has 2 aromatic heterocycles. The summed E-state index contributed by atoms with van der Waals surface area (Å²) in [6, 6.07) is 3.87. The molecule has 0 aliphatic carbocycles. The minimum atomic E-state index is 0.0947. The molecule has 0 unspecified atom stereocenters. The number of pyridine rings is 1. The third-order valence-electron chi connectivity index (χ3n) is 2.79. The highest BCUT2D eigenvalue weighted by atomic mass is 16.1. The number of hydrogen-bond acceptors (Lipinski definition) is 3. The van der Waals surface area contributed by atoms with Crippen LogP contribution in [0.3, 0.4) is 0 Å². The highest BCUT2D eigenvalue weighted by molar-refractivity contribution is 5.92. The summed E-state index contributed by atoms with van der Waals surface area (Å²) in [6.07, 6.45) is 9.27. The molecule has 2 rings (SSSR count).